The predicted molar refractivity (Wildman–Crippen MR) is 97.1 cm³/mol. The lowest BCUT2D eigenvalue weighted by molar-refractivity contribution is -0.137. The van der Waals surface area contributed by atoms with Crippen molar-refractivity contribution in [2.45, 2.75) is 19.3 Å². The second-order valence-corrected chi connectivity index (χ2v) is 6.64. The van der Waals surface area contributed by atoms with Crippen LogP contribution in [0.5, 0.6) is 11.6 Å². The Hall–Kier alpha value is -2.73. The van der Waals surface area contributed by atoms with E-state index in [2.05, 4.69) is 22.0 Å². The summed E-state index contributed by atoms with van der Waals surface area (Å²) in [6.07, 6.45) is -3.79. The maximum absolute atomic E-state index is 12.7. The largest absolute Gasteiger partial charge is 0.438 e. The highest BCUT2D eigenvalue weighted by Gasteiger charge is 2.31. The Labute approximate surface area is 159 Å². The molecule has 0 bridgehead atoms. The quantitative estimate of drug-likeness (QED) is 0.543. The third-order valence-corrected chi connectivity index (χ3v) is 4.66. The first-order valence-electron chi connectivity index (χ1n) is 8.22. The van der Waals surface area contributed by atoms with Gasteiger partial charge in [0.05, 0.1) is 5.56 Å². The van der Waals surface area contributed by atoms with Crippen molar-refractivity contribution in [3.05, 3.63) is 82.5 Å². The average Bonchev–Trinajstić information content (AvgIpc) is 3.07. The van der Waals surface area contributed by atoms with E-state index >= 15 is 0 Å². The first kappa shape index (κ1) is 17.7. The van der Waals surface area contributed by atoms with Crippen molar-refractivity contribution in [3.8, 4) is 11.6 Å². The topological polar surface area (TPSA) is 25.4 Å². The maximum Gasteiger partial charge on any atom is 0.417 e. The van der Waals surface area contributed by atoms with Gasteiger partial charge in [-0.3, -0.25) is 0 Å². The summed E-state index contributed by atoms with van der Waals surface area (Å²) < 4.78 is 43.5. The Morgan fingerprint density at radius 3 is 2.15 bits per heavy atom. The van der Waals surface area contributed by atoms with E-state index in [4.69, 9.17) is 16.3 Å². The number of fused-ring (bicyclic) bond motifs is 1. The minimum absolute atomic E-state index is 0.0639. The highest BCUT2D eigenvalue weighted by atomic mass is 35.5. The molecule has 0 saturated carbocycles. The molecule has 0 radical (unpaired) electrons. The molecule has 0 spiro atoms. The number of anilines is 1. The summed E-state index contributed by atoms with van der Waals surface area (Å²) in [5.74, 6) is 0.385. The molecule has 138 valence electrons. The second kappa shape index (κ2) is 6.78. The van der Waals surface area contributed by atoms with Crippen LogP contribution >= 0.6 is 11.6 Å². The smallest absolute Gasteiger partial charge is 0.417 e. The Morgan fingerprint density at radius 1 is 0.963 bits per heavy atom. The zero-order valence-electron chi connectivity index (χ0n) is 14.0. The van der Waals surface area contributed by atoms with Crippen molar-refractivity contribution in [3.63, 3.8) is 0 Å². The van der Waals surface area contributed by atoms with Gasteiger partial charge in [-0.25, -0.2) is 4.98 Å². The number of ether oxygens (including phenoxy) is 1. The lowest BCUT2D eigenvalue weighted by Gasteiger charge is -2.18. The monoisotopic (exact) mass is 390 g/mol. The van der Waals surface area contributed by atoms with Crippen molar-refractivity contribution in [1.82, 2.24) is 4.98 Å². The highest BCUT2D eigenvalue weighted by molar-refractivity contribution is 6.31. The van der Waals surface area contributed by atoms with E-state index < -0.39 is 11.7 Å². The maximum atomic E-state index is 12.7. The number of hydrogen-bond acceptors (Lipinski definition) is 3. The lowest BCUT2D eigenvalue weighted by atomic mass is 10.1. The standard InChI is InChI=1S/C20H14ClF3N2O/c21-18-9-15(20(22,23)24)10-25-19(18)27-17-7-5-16(6-8-17)26-11-13-3-1-2-4-14(13)12-26/h1-10H,11-12H2. The van der Waals surface area contributed by atoms with Crippen molar-refractivity contribution < 1.29 is 17.9 Å². The molecular formula is C20H14ClF3N2O. The van der Waals surface area contributed by atoms with Gasteiger partial charge in [0.15, 0.2) is 0 Å². The molecule has 0 amide bonds. The lowest BCUT2D eigenvalue weighted by Crippen LogP contribution is -2.14. The molecule has 0 unspecified atom stereocenters. The van der Waals surface area contributed by atoms with Gasteiger partial charge >= 0.3 is 6.18 Å². The van der Waals surface area contributed by atoms with Gasteiger partial charge in [-0.1, -0.05) is 35.9 Å². The molecule has 0 saturated heterocycles. The number of hydrogen-bond donors (Lipinski definition) is 0. The van der Waals surface area contributed by atoms with Crippen LogP contribution in [0, 0.1) is 0 Å². The van der Waals surface area contributed by atoms with Crippen LogP contribution in [0.4, 0.5) is 18.9 Å². The fourth-order valence-electron chi connectivity index (χ4n) is 3.01. The van der Waals surface area contributed by atoms with E-state index in [1.54, 1.807) is 12.1 Å². The summed E-state index contributed by atoms with van der Waals surface area (Å²) in [7, 11) is 0. The van der Waals surface area contributed by atoms with Crippen molar-refractivity contribution in [1.29, 1.82) is 0 Å². The molecule has 2 aromatic carbocycles. The number of nitrogens with zero attached hydrogens (tertiary/aromatic N) is 2. The molecule has 0 atom stereocenters. The first-order chi connectivity index (χ1) is 12.9. The van der Waals surface area contributed by atoms with Crippen molar-refractivity contribution >= 4 is 17.3 Å². The molecule has 0 fully saturated rings. The van der Waals surface area contributed by atoms with Gasteiger partial charge < -0.3 is 9.64 Å². The van der Waals surface area contributed by atoms with Gasteiger partial charge in [0.25, 0.3) is 0 Å². The second-order valence-electron chi connectivity index (χ2n) is 6.23. The molecule has 3 aromatic rings. The van der Waals surface area contributed by atoms with E-state index in [0.29, 0.717) is 11.9 Å². The summed E-state index contributed by atoms with van der Waals surface area (Å²) >= 11 is 5.88. The molecule has 0 N–H and O–H groups in total. The molecule has 1 aromatic heterocycles. The molecule has 27 heavy (non-hydrogen) atoms. The third-order valence-electron chi connectivity index (χ3n) is 4.39. The molecule has 3 nitrogen and oxygen atoms in total. The first-order valence-corrected chi connectivity index (χ1v) is 8.60. The van der Waals surface area contributed by atoms with Crippen molar-refractivity contribution in [2.75, 3.05) is 4.90 Å². The Morgan fingerprint density at radius 2 is 1.59 bits per heavy atom. The normalized spacial score (nSPS) is 13.6. The van der Waals surface area contributed by atoms with E-state index in [1.807, 2.05) is 24.3 Å². The number of aromatic nitrogens is 1. The molecule has 0 aliphatic carbocycles. The van der Waals surface area contributed by atoms with Gasteiger partial charge in [-0.05, 0) is 41.5 Å². The number of benzene rings is 2. The van der Waals surface area contributed by atoms with Crippen LogP contribution in [0.3, 0.4) is 0 Å². The highest BCUT2D eigenvalue weighted by Crippen LogP contribution is 2.35. The van der Waals surface area contributed by atoms with E-state index in [1.165, 1.54) is 11.1 Å². The Kier molecular flexibility index (Phi) is 4.44. The zero-order chi connectivity index (χ0) is 19.0. The molecule has 7 heteroatoms. The van der Waals surface area contributed by atoms with Crippen LogP contribution in [-0.2, 0) is 19.3 Å². The van der Waals surface area contributed by atoms with Crippen LogP contribution in [0.2, 0.25) is 5.02 Å². The summed E-state index contributed by atoms with van der Waals surface area (Å²) in [4.78, 5) is 5.92. The summed E-state index contributed by atoms with van der Waals surface area (Å²) in [6, 6.07) is 16.4. The summed E-state index contributed by atoms with van der Waals surface area (Å²) in [6.45, 7) is 1.67. The van der Waals surface area contributed by atoms with Crippen LogP contribution in [0.25, 0.3) is 0 Å². The fourth-order valence-corrected chi connectivity index (χ4v) is 3.21. The van der Waals surface area contributed by atoms with Gasteiger partial charge in [0, 0.05) is 25.0 Å². The Bertz CT molecular complexity index is 949. The SMILES string of the molecule is FC(F)(F)c1cnc(Oc2ccc(N3Cc4ccccc4C3)cc2)c(Cl)c1. The minimum atomic E-state index is -4.50. The van der Waals surface area contributed by atoms with Crippen molar-refractivity contribution in [2.24, 2.45) is 0 Å². The van der Waals surface area contributed by atoms with E-state index in [9.17, 15) is 13.2 Å². The summed E-state index contributed by atoms with van der Waals surface area (Å²) in [5, 5.41) is -0.191. The molecule has 4 rings (SSSR count). The Balaban J connectivity index is 1.48. The predicted octanol–water partition coefficient (Wildman–Crippen LogP) is 6.07. The van der Waals surface area contributed by atoms with Gasteiger partial charge in [-0.15, -0.1) is 0 Å². The summed E-state index contributed by atoms with van der Waals surface area (Å²) in [5.41, 5.74) is 2.73. The van der Waals surface area contributed by atoms with Crippen LogP contribution in [-0.4, -0.2) is 4.98 Å². The van der Waals surface area contributed by atoms with Crippen LogP contribution < -0.4 is 9.64 Å². The van der Waals surface area contributed by atoms with E-state index in [0.717, 1.165) is 24.8 Å². The number of halogens is 4. The molecule has 1 aliphatic heterocycles. The zero-order valence-corrected chi connectivity index (χ0v) is 14.8. The minimum Gasteiger partial charge on any atom is -0.438 e. The van der Waals surface area contributed by atoms with E-state index in [-0.39, 0.29) is 10.9 Å². The number of rotatable bonds is 3. The third kappa shape index (κ3) is 3.71. The molecule has 1 aliphatic rings. The number of pyridine rings is 1. The van der Waals surface area contributed by atoms with Crippen LogP contribution in [0.1, 0.15) is 16.7 Å². The van der Waals surface area contributed by atoms with Crippen LogP contribution in [0.15, 0.2) is 60.8 Å². The van der Waals surface area contributed by atoms with Gasteiger partial charge in [0.1, 0.15) is 10.8 Å². The number of alkyl halides is 3. The van der Waals surface area contributed by atoms with Gasteiger partial charge in [0.2, 0.25) is 5.88 Å². The molecular weight excluding hydrogens is 377 g/mol. The fraction of sp³-hybridized carbons (Fsp3) is 0.150. The van der Waals surface area contributed by atoms with Gasteiger partial charge in [-0.2, -0.15) is 13.2 Å². The average molecular weight is 391 g/mol. The molecule has 2 heterocycles.